The van der Waals surface area contributed by atoms with Gasteiger partial charge in [-0.05, 0) is 36.6 Å². The molecule has 0 aliphatic rings. The zero-order chi connectivity index (χ0) is 11.6. The fraction of sp³-hybridized carbons (Fsp3) is 0.455. The molecule has 3 N–H and O–H groups in total. The maximum Gasteiger partial charge on any atom is 0.138 e. The molecular formula is C11H16ClNO2. The Kier molecular flexibility index (Phi) is 3.97. The van der Waals surface area contributed by atoms with Gasteiger partial charge in [-0.25, -0.2) is 0 Å². The molecule has 3 nitrogen and oxygen atoms in total. The van der Waals surface area contributed by atoms with Crippen LogP contribution in [-0.2, 0) is 0 Å². The number of halogens is 1. The summed E-state index contributed by atoms with van der Waals surface area (Å²) in [6.45, 7) is 3.94. The molecule has 1 atom stereocenters. The zero-order valence-electron chi connectivity index (χ0n) is 9.17. The van der Waals surface area contributed by atoms with Crippen LogP contribution >= 0.6 is 11.6 Å². The lowest BCUT2D eigenvalue weighted by atomic mass is 9.97. The Balaban J connectivity index is 3.35. The van der Waals surface area contributed by atoms with Crippen molar-refractivity contribution >= 4 is 11.6 Å². The molecule has 0 aliphatic heterocycles. The molecule has 0 saturated heterocycles. The largest absolute Gasteiger partial charge is 0.495 e. The summed E-state index contributed by atoms with van der Waals surface area (Å²) in [6.07, 6.45) is -0.673. The first-order valence-electron chi connectivity index (χ1n) is 4.74. The lowest BCUT2D eigenvalue weighted by Gasteiger charge is -2.18. The molecule has 0 radical (unpaired) electrons. The minimum atomic E-state index is -0.673. The molecule has 1 unspecified atom stereocenters. The van der Waals surface area contributed by atoms with Crippen molar-refractivity contribution in [3.63, 3.8) is 0 Å². The fourth-order valence-corrected chi connectivity index (χ4v) is 1.95. The number of hydrogen-bond acceptors (Lipinski definition) is 3. The molecular weight excluding hydrogens is 214 g/mol. The van der Waals surface area contributed by atoms with Crippen LogP contribution in [0.2, 0.25) is 5.02 Å². The number of aryl methyl sites for hydroxylation is 1. The van der Waals surface area contributed by atoms with E-state index in [1.807, 2.05) is 19.9 Å². The molecule has 1 rings (SSSR count). The second-order valence-electron chi connectivity index (χ2n) is 3.50. The number of nitrogens with two attached hydrogens (primary N) is 1. The van der Waals surface area contributed by atoms with Crippen LogP contribution < -0.4 is 10.5 Å². The molecule has 1 aromatic carbocycles. The summed E-state index contributed by atoms with van der Waals surface area (Å²) in [5.74, 6) is 0.625. The van der Waals surface area contributed by atoms with Crippen molar-refractivity contribution in [2.75, 3.05) is 13.7 Å². The Morgan fingerprint density at radius 2 is 2.13 bits per heavy atom. The van der Waals surface area contributed by atoms with Crippen molar-refractivity contribution in [2.24, 2.45) is 5.73 Å². The quantitative estimate of drug-likeness (QED) is 0.833. The topological polar surface area (TPSA) is 55.5 Å². The van der Waals surface area contributed by atoms with Gasteiger partial charge in [0, 0.05) is 6.54 Å². The summed E-state index contributed by atoms with van der Waals surface area (Å²) in [5.41, 5.74) is 8.00. The van der Waals surface area contributed by atoms with Crippen molar-refractivity contribution in [1.82, 2.24) is 0 Å². The van der Waals surface area contributed by atoms with Gasteiger partial charge >= 0.3 is 0 Å². The maximum atomic E-state index is 9.75. The van der Waals surface area contributed by atoms with Gasteiger partial charge < -0.3 is 15.6 Å². The Labute approximate surface area is 94.8 Å². The molecule has 0 bridgehead atoms. The van der Waals surface area contributed by atoms with Gasteiger partial charge in [-0.3, -0.25) is 0 Å². The predicted molar refractivity (Wildman–Crippen MR) is 61.5 cm³/mol. The van der Waals surface area contributed by atoms with Crippen LogP contribution in [0, 0.1) is 13.8 Å². The molecule has 84 valence electrons. The summed E-state index contributed by atoms with van der Waals surface area (Å²) in [4.78, 5) is 0. The Morgan fingerprint density at radius 3 is 2.60 bits per heavy atom. The number of hydrogen-bond donors (Lipinski definition) is 2. The Hall–Kier alpha value is -0.770. The zero-order valence-corrected chi connectivity index (χ0v) is 9.93. The van der Waals surface area contributed by atoms with Crippen LogP contribution in [0.15, 0.2) is 6.07 Å². The number of aliphatic hydroxyl groups is 1. The minimum absolute atomic E-state index is 0.185. The van der Waals surface area contributed by atoms with Gasteiger partial charge in [-0.15, -0.1) is 0 Å². The fourth-order valence-electron chi connectivity index (χ4n) is 1.72. The molecule has 0 amide bonds. The monoisotopic (exact) mass is 229 g/mol. The maximum absolute atomic E-state index is 9.75. The van der Waals surface area contributed by atoms with Crippen LogP contribution in [0.3, 0.4) is 0 Å². The summed E-state index contributed by atoms with van der Waals surface area (Å²) in [6, 6.07) is 1.81. The van der Waals surface area contributed by atoms with E-state index < -0.39 is 6.10 Å². The van der Waals surface area contributed by atoms with Crippen LogP contribution in [-0.4, -0.2) is 18.8 Å². The average molecular weight is 230 g/mol. The SMILES string of the molecule is COc1cc(C)c(C(O)CN)c(C)c1Cl. The number of rotatable bonds is 3. The van der Waals surface area contributed by atoms with E-state index in [9.17, 15) is 5.11 Å². The van der Waals surface area contributed by atoms with Gasteiger partial charge in [-0.1, -0.05) is 11.6 Å². The summed E-state index contributed by atoms with van der Waals surface area (Å²) in [7, 11) is 1.57. The minimum Gasteiger partial charge on any atom is -0.495 e. The first-order chi connectivity index (χ1) is 7.02. The summed E-state index contributed by atoms with van der Waals surface area (Å²) < 4.78 is 5.13. The first-order valence-corrected chi connectivity index (χ1v) is 5.12. The molecule has 0 aliphatic carbocycles. The third kappa shape index (κ3) is 2.25. The van der Waals surface area contributed by atoms with E-state index in [2.05, 4.69) is 0 Å². The first kappa shape index (κ1) is 12.3. The summed E-state index contributed by atoms with van der Waals surface area (Å²) >= 11 is 6.09. The second kappa shape index (κ2) is 4.84. The number of methoxy groups -OCH3 is 1. The van der Waals surface area contributed by atoms with Gasteiger partial charge in [-0.2, -0.15) is 0 Å². The van der Waals surface area contributed by atoms with Gasteiger partial charge in [0.25, 0.3) is 0 Å². The van der Waals surface area contributed by atoms with Crippen LogP contribution in [0.5, 0.6) is 5.75 Å². The van der Waals surface area contributed by atoms with Crippen LogP contribution in [0.25, 0.3) is 0 Å². The summed E-state index contributed by atoms with van der Waals surface area (Å²) in [5, 5.41) is 10.3. The van der Waals surface area contributed by atoms with E-state index in [1.54, 1.807) is 7.11 Å². The average Bonchev–Trinajstić information content (AvgIpc) is 2.23. The predicted octanol–water partition coefficient (Wildman–Crippen LogP) is 1.96. The van der Waals surface area contributed by atoms with Crippen LogP contribution in [0.1, 0.15) is 22.8 Å². The van der Waals surface area contributed by atoms with Crippen LogP contribution in [0.4, 0.5) is 0 Å². The molecule has 0 heterocycles. The molecule has 0 spiro atoms. The number of benzene rings is 1. The molecule has 1 aromatic rings. The smallest absolute Gasteiger partial charge is 0.138 e. The second-order valence-corrected chi connectivity index (χ2v) is 3.88. The van der Waals surface area contributed by atoms with E-state index in [-0.39, 0.29) is 6.54 Å². The van der Waals surface area contributed by atoms with Crippen molar-refractivity contribution < 1.29 is 9.84 Å². The third-order valence-electron chi connectivity index (χ3n) is 2.50. The molecule has 0 aromatic heterocycles. The molecule has 4 heteroatoms. The van der Waals surface area contributed by atoms with Gasteiger partial charge in [0.15, 0.2) is 0 Å². The number of ether oxygens (including phenoxy) is 1. The highest BCUT2D eigenvalue weighted by atomic mass is 35.5. The lowest BCUT2D eigenvalue weighted by Crippen LogP contribution is -2.14. The van der Waals surface area contributed by atoms with E-state index in [0.717, 1.165) is 16.7 Å². The molecule has 15 heavy (non-hydrogen) atoms. The van der Waals surface area contributed by atoms with Crippen molar-refractivity contribution in [3.05, 3.63) is 27.8 Å². The normalized spacial score (nSPS) is 12.7. The van der Waals surface area contributed by atoms with Gasteiger partial charge in [0.2, 0.25) is 0 Å². The lowest BCUT2D eigenvalue weighted by molar-refractivity contribution is 0.185. The highest BCUT2D eigenvalue weighted by molar-refractivity contribution is 6.33. The standard InChI is InChI=1S/C11H16ClNO2/c1-6-4-9(15-3)11(12)7(2)10(6)8(14)5-13/h4,8,14H,5,13H2,1-3H3. The van der Waals surface area contributed by atoms with Crippen molar-refractivity contribution in [3.8, 4) is 5.75 Å². The van der Waals surface area contributed by atoms with Gasteiger partial charge in [0.1, 0.15) is 5.75 Å². The van der Waals surface area contributed by atoms with Crippen molar-refractivity contribution in [2.45, 2.75) is 20.0 Å². The van der Waals surface area contributed by atoms with Crippen molar-refractivity contribution in [1.29, 1.82) is 0 Å². The highest BCUT2D eigenvalue weighted by Gasteiger charge is 2.17. The van der Waals surface area contributed by atoms with E-state index in [1.165, 1.54) is 0 Å². The highest BCUT2D eigenvalue weighted by Crippen LogP contribution is 2.35. The van der Waals surface area contributed by atoms with Gasteiger partial charge in [0.05, 0.1) is 18.2 Å². The van der Waals surface area contributed by atoms with E-state index in [4.69, 9.17) is 22.1 Å². The van der Waals surface area contributed by atoms with E-state index in [0.29, 0.717) is 10.8 Å². The Bertz CT molecular complexity index is 366. The molecule has 0 saturated carbocycles. The molecule has 0 fully saturated rings. The Morgan fingerprint density at radius 1 is 1.53 bits per heavy atom. The third-order valence-corrected chi connectivity index (χ3v) is 2.97. The number of aliphatic hydroxyl groups excluding tert-OH is 1. The van der Waals surface area contributed by atoms with E-state index >= 15 is 0 Å².